The SMILES string of the molecule is COC(=O)c1c(NC(=O)COc2ccccc2)sc(C)c1-c1ccc(C)cc1. The molecule has 0 atom stereocenters. The number of aryl methyl sites for hydroxylation is 2. The number of benzene rings is 2. The molecule has 0 spiro atoms. The number of esters is 1. The first-order valence-corrected chi connectivity index (χ1v) is 9.57. The van der Waals surface area contributed by atoms with E-state index in [1.165, 1.54) is 18.4 Å². The van der Waals surface area contributed by atoms with Crippen molar-refractivity contribution in [2.24, 2.45) is 0 Å². The third-order valence-electron chi connectivity index (χ3n) is 4.18. The Kier molecular flexibility index (Phi) is 6.11. The number of rotatable bonds is 6. The van der Waals surface area contributed by atoms with Crippen molar-refractivity contribution in [1.29, 1.82) is 0 Å². The van der Waals surface area contributed by atoms with Crippen LogP contribution in [0.15, 0.2) is 54.6 Å². The summed E-state index contributed by atoms with van der Waals surface area (Å²) in [6, 6.07) is 17.0. The van der Waals surface area contributed by atoms with E-state index < -0.39 is 5.97 Å². The van der Waals surface area contributed by atoms with Gasteiger partial charge in [0.1, 0.15) is 16.3 Å². The second-order valence-electron chi connectivity index (χ2n) is 6.24. The van der Waals surface area contributed by atoms with E-state index >= 15 is 0 Å². The van der Waals surface area contributed by atoms with Crippen molar-refractivity contribution < 1.29 is 19.1 Å². The highest BCUT2D eigenvalue weighted by Crippen LogP contribution is 2.40. The molecule has 0 aliphatic carbocycles. The summed E-state index contributed by atoms with van der Waals surface area (Å²) in [6.45, 7) is 3.77. The molecule has 1 heterocycles. The van der Waals surface area contributed by atoms with Crippen LogP contribution in [0.1, 0.15) is 20.8 Å². The van der Waals surface area contributed by atoms with Crippen molar-refractivity contribution >= 4 is 28.2 Å². The van der Waals surface area contributed by atoms with Gasteiger partial charge in [0.25, 0.3) is 5.91 Å². The second-order valence-corrected chi connectivity index (χ2v) is 7.47. The van der Waals surface area contributed by atoms with Crippen LogP contribution >= 0.6 is 11.3 Å². The van der Waals surface area contributed by atoms with Gasteiger partial charge in [-0.15, -0.1) is 11.3 Å². The minimum atomic E-state index is -0.487. The van der Waals surface area contributed by atoms with Gasteiger partial charge in [-0.1, -0.05) is 48.0 Å². The average Bonchev–Trinajstić information content (AvgIpc) is 3.02. The van der Waals surface area contributed by atoms with Crippen LogP contribution in [0.2, 0.25) is 0 Å². The lowest BCUT2D eigenvalue weighted by atomic mass is 10.0. The lowest BCUT2D eigenvalue weighted by Gasteiger charge is -2.09. The van der Waals surface area contributed by atoms with Crippen molar-refractivity contribution in [1.82, 2.24) is 0 Å². The Bertz CT molecular complexity index is 978. The highest BCUT2D eigenvalue weighted by molar-refractivity contribution is 7.17. The fourth-order valence-electron chi connectivity index (χ4n) is 2.83. The molecular weight excluding hydrogens is 374 g/mol. The summed E-state index contributed by atoms with van der Waals surface area (Å²) in [4.78, 5) is 25.8. The molecule has 0 fully saturated rings. The summed E-state index contributed by atoms with van der Waals surface area (Å²) in [7, 11) is 1.33. The van der Waals surface area contributed by atoms with Crippen molar-refractivity contribution in [2.75, 3.05) is 19.0 Å². The van der Waals surface area contributed by atoms with Gasteiger partial charge < -0.3 is 14.8 Å². The molecule has 6 heteroatoms. The molecule has 0 saturated heterocycles. The molecule has 0 aliphatic rings. The number of thiophene rings is 1. The highest BCUT2D eigenvalue weighted by atomic mass is 32.1. The molecule has 28 heavy (non-hydrogen) atoms. The minimum Gasteiger partial charge on any atom is -0.484 e. The zero-order valence-corrected chi connectivity index (χ0v) is 16.8. The van der Waals surface area contributed by atoms with Gasteiger partial charge in [-0.25, -0.2) is 4.79 Å². The van der Waals surface area contributed by atoms with Crippen LogP contribution in [0.3, 0.4) is 0 Å². The molecule has 1 amide bonds. The predicted octanol–water partition coefficient (Wildman–Crippen LogP) is 4.84. The van der Waals surface area contributed by atoms with E-state index in [0.29, 0.717) is 16.3 Å². The van der Waals surface area contributed by atoms with E-state index in [0.717, 1.165) is 21.6 Å². The van der Waals surface area contributed by atoms with Gasteiger partial charge in [0.2, 0.25) is 0 Å². The van der Waals surface area contributed by atoms with Crippen molar-refractivity contribution in [3.05, 3.63) is 70.6 Å². The number of para-hydroxylation sites is 1. The first-order valence-electron chi connectivity index (χ1n) is 8.76. The molecule has 1 N–H and O–H groups in total. The van der Waals surface area contributed by atoms with Gasteiger partial charge >= 0.3 is 5.97 Å². The summed E-state index contributed by atoms with van der Waals surface area (Å²) < 4.78 is 10.5. The maximum absolute atomic E-state index is 12.5. The van der Waals surface area contributed by atoms with E-state index in [1.54, 1.807) is 12.1 Å². The summed E-state index contributed by atoms with van der Waals surface area (Å²) in [5.41, 5.74) is 3.17. The minimum absolute atomic E-state index is 0.151. The standard InChI is InChI=1S/C22H21NO4S/c1-14-9-11-16(12-10-14)19-15(2)28-21(20(19)22(25)26-3)23-18(24)13-27-17-7-5-4-6-8-17/h4-12H,13H2,1-3H3,(H,23,24). The topological polar surface area (TPSA) is 64.6 Å². The van der Waals surface area contributed by atoms with E-state index in [9.17, 15) is 9.59 Å². The number of anilines is 1. The quantitative estimate of drug-likeness (QED) is 0.607. The third-order valence-corrected chi connectivity index (χ3v) is 5.20. The van der Waals surface area contributed by atoms with Gasteiger partial charge in [0.15, 0.2) is 6.61 Å². The average molecular weight is 395 g/mol. The first kappa shape index (κ1) is 19.6. The second kappa shape index (κ2) is 8.71. The lowest BCUT2D eigenvalue weighted by Crippen LogP contribution is -2.21. The Hall–Kier alpha value is -3.12. The Morgan fingerprint density at radius 1 is 1.00 bits per heavy atom. The zero-order chi connectivity index (χ0) is 20.1. The maximum Gasteiger partial charge on any atom is 0.341 e. The van der Waals surface area contributed by atoms with E-state index in [4.69, 9.17) is 9.47 Å². The Balaban J connectivity index is 1.86. The molecule has 0 unspecified atom stereocenters. The third kappa shape index (κ3) is 4.40. The lowest BCUT2D eigenvalue weighted by molar-refractivity contribution is -0.118. The largest absolute Gasteiger partial charge is 0.484 e. The summed E-state index contributed by atoms with van der Waals surface area (Å²) in [5, 5.41) is 3.25. The van der Waals surface area contributed by atoms with Crippen molar-refractivity contribution in [3.8, 4) is 16.9 Å². The van der Waals surface area contributed by atoms with Crippen LogP contribution < -0.4 is 10.1 Å². The molecule has 0 bridgehead atoms. The number of methoxy groups -OCH3 is 1. The number of nitrogens with one attached hydrogen (secondary N) is 1. The molecule has 2 aromatic carbocycles. The number of ether oxygens (including phenoxy) is 2. The van der Waals surface area contributed by atoms with Gasteiger partial charge in [0, 0.05) is 10.4 Å². The molecule has 5 nitrogen and oxygen atoms in total. The molecular formula is C22H21NO4S. The van der Waals surface area contributed by atoms with Crippen LogP contribution in [-0.2, 0) is 9.53 Å². The molecule has 0 saturated carbocycles. The fraction of sp³-hybridized carbons (Fsp3) is 0.182. The number of amides is 1. The molecule has 144 valence electrons. The first-order chi connectivity index (χ1) is 13.5. The van der Waals surface area contributed by atoms with Crippen LogP contribution in [0.4, 0.5) is 5.00 Å². The summed E-state index contributed by atoms with van der Waals surface area (Å²) in [5.74, 6) is -0.224. The van der Waals surface area contributed by atoms with Gasteiger partial charge in [-0.05, 0) is 31.5 Å². The van der Waals surface area contributed by atoms with Gasteiger partial charge in [-0.2, -0.15) is 0 Å². The van der Waals surface area contributed by atoms with E-state index in [-0.39, 0.29) is 12.5 Å². The smallest absolute Gasteiger partial charge is 0.341 e. The van der Waals surface area contributed by atoms with Crippen LogP contribution in [-0.4, -0.2) is 25.6 Å². The van der Waals surface area contributed by atoms with Crippen molar-refractivity contribution in [2.45, 2.75) is 13.8 Å². The normalized spacial score (nSPS) is 10.4. The Morgan fingerprint density at radius 3 is 2.32 bits per heavy atom. The van der Waals surface area contributed by atoms with Crippen LogP contribution in [0, 0.1) is 13.8 Å². The predicted molar refractivity (Wildman–Crippen MR) is 111 cm³/mol. The number of carbonyl (C=O) groups excluding carboxylic acids is 2. The Labute approximate surface area is 167 Å². The number of carbonyl (C=O) groups is 2. The van der Waals surface area contributed by atoms with E-state index in [1.807, 2.05) is 56.3 Å². The number of hydrogen-bond donors (Lipinski definition) is 1. The van der Waals surface area contributed by atoms with Crippen molar-refractivity contribution in [3.63, 3.8) is 0 Å². The zero-order valence-electron chi connectivity index (χ0n) is 15.9. The Morgan fingerprint density at radius 2 is 1.68 bits per heavy atom. The van der Waals surface area contributed by atoms with Gasteiger partial charge in [-0.3, -0.25) is 4.79 Å². The van der Waals surface area contributed by atoms with Crippen LogP contribution in [0.25, 0.3) is 11.1 Å². The molecule has 0 radical (unpaired) electrons. The number of hydrogen-bond acceptors (Lipinski definition) is 5. The molecule has 3 aromatic rings. The molecule has 0 aliphatic heterocycles. The fourth-order valence-corrected chi connectivity index (χ4v) is 3.91. The highest BCUT2D eigenvalue weighted by Gasteiger charge is 2.25. The maximum atomic E-state index is 12.5. The van der Waals surface area contributed by atoms with Crippen LogP contribution in [0.5, 0.6) is 5.75 Å². The molecule has 1 aromatic heterocycles. The monoisotopic (exact) mass is 395 g/mol. The summed E-state index contributed by atoms with van der Waals surface area (Å²) in [6.07, 6.45) is 0. The molecule has 3 rings (SSSR count). The summed E-state index contributed by atoms with van der Waals surface area (Å²) >= 11 is 1.35. The van der Waals surface area contributed by atoms with Gasteiger partial charge in [0.05, 0.1) is 7.11 Å². The van der Waals surface area contributed by atoms with E-state index in [2.05, 4.69) is 5.32 Å².